The minimum Gasteiger partial charge on any atom is -0.659 e. The molecule has 0 aliphatic carbocycles. The van der Waals surface area contributed by atoms with Crippen molar-refractivity contribution in [1.82, 2.24) is 0 Å². The van der Waals surface area contributed by atoms with Gasteiger partial charge in [-0.05, 0) is 145 Å². The number of benzene rings is 9. The maximum Gasteiger partial charge on any atom is 4.00 e. The number of para-hydroxylation sites is 6. The zero-order chi connectivity index (χ0) is 57.1. The minimum absolute atomic E-state index is 0. The van der Waals surface area contributed by atoms with Crippen LogP contribution >= 0.6 is 0 Å². The van der Waals surface area contributed by atoms with Gasteiger partial charge in [0, 0.05) is 65.1 Å². The zero-order valence-electron chi connectivity index (χ0n) is 50.2. The summed E-state index contributed by atoms with van der Waals surface area (Å²) >= 11 is 0. The first-order chi connectivity index (χ1) is 39.3. The zero-order valence-corrected chi connectivity index (χ0v) is 46.5. The maximum absolute atomic E-state index is 8.25. The van der Waals surface area contributed by atoms with E-state index in [0.29, 0.717) is 28.7 Å². The fourth-order valence-electron chi connectivity index (χ4n) is 12.1. The van der Waals surface area contributed by atoms with Gasteiger partial charge in [0.25, 0.3) is 0 Å². The Morgan fingerprint density at radius 3 is 1.32 bits per heavy atom. The van der Waals surface area contributed by atoms with Crippen molar-refractivity contribution in [2.75, 3.05) is 43.4 Å². The van der Waals surface area contributed by atoms with E-state index in [1.165, 1.54) is 82.6 Å². The molecule has 0 atom stereocenters. The number of nitrogens with zero attached hydrogens (tertiary/aromatic N) is 7. The Morgan fingerprint density at radius 2 is 0.896 bits per heavy atom. The van der Waals surface area contributed by atoms with Crippen molar-refractivity contribution in [2.24, 2.45) is 0 Å². The van der Waals surface area contributed by atoms with Gasteiger partial charge in [-0.1, -0.05) is 150 Å². The molecule has 0 N–H and O–H groups in total. The van der Waals surface area contributed by atoms with Crippen LogP contribution in [0.2, 0.25) is 0 Å². The third-order valence-corrected chi connectivity index (χ3v) is 15.5. The molecule has 5 heterocycles. The summed E-state index contributed by atoms with van der Waals surface area (Å²) in [4.78, 5) is 11.2. The number of hydrogen-bond donors (Lipinski definition) is 0. The largest absolute Gasteiger partial charge is 4.00 e. The Morgan fingerprint density at radius 1 is 0.468 bits per heavy atom. The van der Waals surface area contributed by atoms with Gasteiger partial charge in [-0.15, -0.1) is 46.5 Å². The summed E-state index contributed by atoms with van der Waals surface area (Å²) in [6, 6.07) is 66.5. The van der Waals surface area contributed by atoms with Crippen LogP contribution in [0.1, 0.15) is 89.8 Å². The molecule has 0 saturated carbocycles. The molecule has 9 aromatic rings. The van der Waals surface area contributed by atoms with E-state index in [1.54, 1.807) is 25.5 Å². The number of rotatable bonds is 8. The van der Waals surface area contributed by atoms with Crippen LogP contribution in [0.4, 0.5) is 79.6 Å². The van der Waals surface area contributed by atoms with Gasteiger partial charge in [-0.3, -0.25) is 0 Å². The second-order valence-electron chi connectivity index (χ2n) is 21.4. The van der Waals surface area contributed by atoms with Crippen LogP contribution in [-0.4, -0.2) is 20.7 Å². The minimum atomic E-state index is -2.39. The van der Waals surface area contributed by atoms with Gasteiger partial charge >= 0.3 is 21.1 Å². The van der Waals surface area contributed by atoms with Crippen molar-refractivity contribution in [3.63, 3.8) is 0 Å². The molecule has 14 rings (SSSR count). The van der Waals surface area contributed by atoms with E-state index in [4.69, 9.17) is 13.5 Å². The fourth-order valence-corrected chi connectivity index (χ4v) is 12.1. The topological polar surface area (TPSA) is 33.5 Å². The molecule has 5 aliphatic rings. The Hall–Kier alpha value is -7.67. The second-order valence-corrected chi connectivity index (χ2v) is 21.4. The Balaban J connectivity index is 0.000000168. The van der Waals surface area contributed by atoms with Crippen molar-refractivity contribution in [1.29, 1.82) is 0 Å². The summed E-state index contributed by atoms with van der Waals surface area (Å²) in [5.74, 6) is 0.817. The third kappa shape index (κ3) is 8.30. The van der Waals surface area contributed by atoms with Crippen molar-refractivity contribution < 1.29 is 29.3 Å². The average Bonchev–Trinajstić information content (AvgIpc) is 1.73. The van der Waals surface area contributed by atoms with Gasteiger partial charge in [-0.25, -0.2) is 0 Å². The summed E-state index contributed by atoms with van der Waals surface area (Å²) in [6.45, 7) is 14.1. The van der Waals surface area contributed by atoms with E-state index in [-0.39, 0.29) is 39.6 Å². The van der Waals surface area contributed by atoms with Gasteiger partial charge in [0.05, 0.1) is 0 Å². The Kier molecular flexibility index (Phi) is 11.1. The smallest absolute Gasteiger partial charge is 0.659 e. The third-order valence-electron chi connectivity index (χ3n) is 15.5. The summed E-state index contributed by atoms with van der Waals surface area (Å²) < 4.78 is 49.5. The molecule has 9 heteroatoms. The molecule has 0 amide bonds. The van der Waals surface area contributed by atoms with Crippen LogP contribution in [-0.2, 0) is 21.1 Å². The number of aryl methyl sites for hydroxylation is 1. The summed E-state index contributed by atoms with van der Waals surface area (Å²) in [6.07, 6.45) is 0. The van der Waals surface area contributed by atoms with Crippen molar-refractivity contribution in [3.8, 4) is 11.1 Å². The Bertz CT molecular complexity index is 3730. The number of anilines is 12. The quantitative estimate of drug-likeness (QED) is 0.111. The van der Waals surface area contributed by atoms with Gasteiger partial charge in [-0.2, -0.15) is 13.3 Å². The van der Waals surface area contributed by atoms with Crippen LogP contribution in [0.15, 0.2) is 182 Å². The van der Waals surface area contributed by atoms with E-state index >= 15 is 0 Å². The molecular weight excluding hydrogens is 1120 g/mol. The predicted octanol–water partition coefficient (Wildman–Crippen LogP) is 16.7. The van der Waals surface area contributed by atoms with E-state index < -0.39 is 14.0 Å². The summed E-state index contributed by atoms with van der Waals surface area (Å²) in [5, 5.41) is 5.19. The summed E-state index contributed by atoms with van der Waals surface area (Å²) in [7, 11) is 0. The molecule has 77 heavy (non-hydrogen) atoms. The standard InChI is InChI=1S/C37H41N4.C31H21BN3.Pt/c1-24(2)27-19-31(25(3)4)37(32(20-27)26(5)6)28-17-29(40-22-38(7)33-13-9-11-15-35(33)40)21-30(18-28)41-23-39(8)34-14-10-12-16-36(34)41;1-20-18-27-31-28(19-20)35(22-12-6-3-7-13-22)26-17-9-15-24-30(26)32(31)29-23(33-24)14-8-16-25(29)34(27)21-10-4-2-5-11-21;/h9-20,22-26H,1-8H3;2-19H,1H3;/q-3;-1;+4/i7D3,8D3;;. The van der Waals surface area contributed by atoms with Gasteiger partial charge in [0.1, 0.15) is 0 Å². The molecule has 9 aromatic carbocycles. The number of fused-ring (bicyclic) bond motifs is 2. The van der Waals surface area contributed by atoms with Crippen LogP contribution < -0.4 is 45.8 Å². The van der Waals surface area contributed by atoms with Gasteiger partial charge < -0.3 is 34.7 Å². The molecule has 5 aliphatic heterocycles. The molecule has 382 valence electrons. The molecular formula is C68H62BN7Pt. The normalized spacial score (nSPS) is 15.6. The monoisotopic (exact) mass is 1190 g/mol. The van der Waals surface area contributed by atoms with Crippen molar-refractivity contribution in [3.05, 3.63) is 229 Å². The van der Waals surface area contributed by atoms with Crippen molar-refractivity contribution >= 4 is 103 Å². The van der Waals surface area contributed by atoms with E-state index in [2.05, 4.69) is 198 Å². The fraction of sp³-hybridized carbons (Fsp3) is 0.176. The molecule has 0 aromatic heterocycles. The van der Waals surface area contributed by atoms with E-state index in [1.807, 2.05) is 46.2 Å². The second kappa shape index (κ2) is 19.7. The Labute approximate surface area is 479 Å². The van der Waals surface area contributed by atoms with Crippen LogP contribution in [0.25, 0.3) is 16.4 Å². The predicted molar refractivity (Wildman–Crippen MR) is 323 cm³/mol. The molecule has 0 fully saturated rings. The van der Waals surface area contributed by atoms with E-state index in [0.717, 1.165) is 33.9 Å². The van der Waals surface area contributed by atoms with E-state index in [9.17, 15) is 0 Å². The molecule has 0 spiro atoms. The first-order valence-corrected chi connectivity index (χ1v) is 26.5. The molecule has 7 nitrogen and oxygen atoms in total. The number of hydrogen-bond acceptors (Lipinski definition) is 6. The van der Waals surface area contributed by atoms with Crippen LogP contribution in [0.5, 0.6) is 0 Å². The van der Waals surface area contributed by atoms with Gasteiger partial charge in [0.2, 0.25) is 6.71 Å². The molecule has 0 saturated heterocycles. The summed E-state index contributed by atoms with van der Waals surface area (Å²) in [5.41, 5.74) is 24.4. The van der Waals surface area contributed by atoms with Crippen LogP contribution in [0, 0.1) is 26.3 Å². The van der Waals surface area contributed by atoms with Crippen molar-refractivity contribution in [2.45, 2.75) is 66.2 Å². The first-order valence-electron chi connectivity index (χ1n) is 29.5. The van der Waals surface area contributed by atoms with Crippen LogP contribution in [0.3, 0.4) is 0 Å². The van der Waals surface area contributed by atoms with Gasteiger partial charge in [0.15, 0.2) is 0 Å². The molecule has 0 radical (unpaired) electrons. The maximum atomic E-state index is 8.25. The SMILES string of the molecule is Cc1cc2c3c(c1)N(c1ccccc1)c1cccc4c1B3c1c(cccc1N2c1ccccc1)[N-]4.[2H]C([2H])([2H])N1[CH-]N(c2[c-]c(N3[CH-]N(C([2H])([2H])[2H])c4ccccc43)cc(-c3c(C(C)C)cc(C(C)C)cc3C(C)C)c2)c2ccccc21.[Pt+4]. The molecule has 0 unspecified atom stereocenters. The molecule has 0 bridgehead atoms. The first kappa shape index (κ1) is 43.4. The average molecular weight is 1190 g/mol.